The van der Waals surface area contributed by atoms with Crippen LogP contribution in [-0.4, -0.2) is 68.0 Å². The number of rotatable bonds is 10. The van der Waals surface area contributed by atoms with Gasteiger partial charge in [-0.2, -0.15) is 0 Å². The summed E-state index contributed by atoms with van der Waals surface area (Å²) in [4.78, 5) is 0.941. The zero-order valence-electron chi connectivity index (χ0n) is 11.8. The Labute approximate surface area is 119 Å². The second-order valence-electron chi connectivity index (χ2n) is 4.55. The fourth-order valence-electron chi connectivity index (χ4n) is 1.92. The molecule has 0 saturated heterocycles. The molecule has 6 heteroatoms. The number of aliphatic hydroxyl groups excluding tert-OH is 3. The highest BCUT2D eigenvalue weighted by atomic mass is 16.5. The fraction of sp³-hybridized carbons (Fsp3) is 0.571. The first-order valence-electron chi connectivity index (χ1n) is 6.69. The molecule has 0 aliphatic carbocycles. The van der Waals surface area contributed by atoms with E-state index in [0.29, 0.717) is 31.1 Å². The van der Waals surface area contributed by atoms with Crippen molar-refractivity contribution in [1.29, 1.82) is 0 Å². The molecule has 0 radical (unpaired) electrons. The molecule has 0 bridgehead atoms. The Hall–Kier alpha value is -1.34. The largest absolute Gasteiger partial charge is 0.497 e. The van der Waals surface area contributed by atoms with E-state index in [0.717, 1.165) is 4.90 Å². The van der Waals surface area contributed by atoms with Gasteiger partial charge in [-0.3, -0.25) is 0 Å². The molecule has 4 N–H and O–H groups in total. The molecule has 0 unspecified atom stereocenters. The summed E-state index contributed by atoms with van der Waals surface area (Å²) in [5, 5.41) is 27.7. The van der Waals surface area contributed by atoms with Crippen LogP contribution in [0.4, 0.5) is 0 Å². The minimum absolute atomic E-state index is 0.0266. The smallest absolute Gasteiger partial charge is 0.137 e. The van der Waals surface area contributed by atoms with Crippen molar-refractivity contribution in [2.24, 2.45) is 0 Å². The van der Waals surface area contributed by atoms with Crippen LogP contribution in [0.1, 0.15) is 0 Å². The number of aliphatic hydroxyl groups is 3. The average Bonchev–Trinajstić information content (AvgIpc) is 2.46. The number of nitrogens with one attached hydrogen (secondary N) is 1. The molecule has 6 nitrogen and oxygen atoms in total. The Morgan fingerprint density at radius 2 is 1.80 bits per heavy atom. The molecule has 0 aromatic heterocycles. The third-order valence-corrected chi connectivity index (χ3v) is 2.94. The van der Waals surface area contributed by atoms with Gasteiger partial charge in [-0.25, -0.2) is 0 Å². The van der Waals surface area contributed by atoms with Crippen molar-refractivity contribution in [2.45, 2.75) is 6.10 Å². The zero-order chi connectivity index (χ0) is 14.8. The average molecular weight is 286 g/mol. The number of ether oxygens (including phenoxy) is 2. The van der Waals surface area contributed by atoms with Crippen LogP contribution >= 0.6 is 0 Å². The third-order valence-electron chi connectivity index (χ3n) is 2.94. The number of hydrogen-bond acceptors (Lipinski definition) is 5. The predicted molar refractivity (Wildman–Crippen MR) is 74.2 cm³/mol. The van der Waals surface area contributed by atoms with Gasteiger partial charge < -0.3 is 29.7 Å². The summed E-state index contributed by atoms with van der Waals surface area (Å²) in [6, 6.07) is 7.17. The van der Waals surface area contributed by atoms with Crippen LogP contribution in [0.3, 0.4) is 0 Å². The maximum atomic E-state index is 9.92. The van der Waals surface area contributed by atoms with Crippen LogP contribution < -0.4 is 14.4 Å². The molecular weight excluding hydrogens is 262 g/mol. The lowest BCUT2D eigenvalue weighted by Gasteiger charge is -2.21. The van der Waals surface area contributed by atoms with E-state index in [4.69, 9.17) is 19.7 Å². The molecule has 0 amide bonds. The Kier molecular flexibility index (Phi) is 7.98. The Bertz CT molecular complexity index is 368. The number of benzene rings is 1. The highest BCUT2D eigenvalue weighted by molar-refractivity contribution is 5.32. The van der Waals surface area contributed by atoms with Gasteiger partial charge in [0.25, 0.3) is 0 Å². The van der Waals surface area contributed by atoms with Crippen molar-refractivity contribution in [1.82, 2.24) is 0 Å². The van der Waals surface area contributed by atoms with Crippen LogP contribution in [0.2, 0.25) is 0 Å². The normalized spacial score (nSPS) is 12.4. The number of quaternary nitrogens is 1. The fourth-order valence-corrected chi connectivity index (χ4v) is 1.92. The van der Waals surface area contributed by atoms with Gasteiger partial charge in [0.2, 0.25) is 0 Å². The van der Waals surface area contributed by atoms with E-state index in [9.17, 15) is 5.11 Å². The number of methoxy groups -OCH3 is 1. The first kappa shape index (κ1) is 16.7. The van der Waals surface area contributed by atoms with E-state index < -0.39 is 6.10 Å². The lowest BCUT2D eigenvalue weighted by molar-refractivity contribution is -0.903. The first-order chi connectivity index (χ1) is 9.69. The van der Waals surface area contributed by atoms with Gasteiger partial charge in [0.1, 0.15) is 43.8 Å². The minimum Gasteiger partial charge on any atom is -0.497 e. The molecular formula is C14H24NO5+. The molecule has 1 atom stereocenters. The topological polar surface area (TPSA) is 83.6 Å². The van der Waals surface area contributed by atoms with E-state index in [1.807, 2.05) is 12.1 Å². The quantitative estimate of drug-likeness (QED) is 0.412. The van der Waals surface area contributed by atoms with E-state index in [2.05, 4.69) is 0 Å². The summed E-state index contributed by atoms with van der Waals surface area (Å²) in [6.07, 6.45) is -0.658. The summed E-state index contributed by atoms with van der Waals surface area (Å²) in [7, 11) is 1.58. The lowest BCUT2D eigenvalue weighted by atomic mass is 10.3. The summed E-state index contributed by atoms with van der Waals surface area (Å²) in [5.41, 5.74) is 0. The van der Waals surface area contributed by atoms with E-state index in [1.165, 1.54) is 0 Å². The van der Waals surface area contributed by atoms with Gasteiger partial charge in [0.15, 0.2) is 0 Å². The third kappa shape index (κ3) is 6.21. The first-order valence-corrected chi connectivity index (χ1v) is 6.69. The maximum Gasteiger partial charge on any atom is 0.137 e. The van der Waals surface area contributed by atoms with E-state index >= 15 is 0 Å². The molecule has 0 fully saturated rings. The highest BCUT2D eigenvalue weighted by Crippen LogP contribution is 2.18. The number of hydrogen-bond donors (Lipinski definition) is 4. The maximum absolute atomic E-state index is 9.92. The summed E-state index contributed by atoms with van der Waals surface area (Å²) in [6.45, 7) is 1.63. The van der Waals surface area contributed by atoms with Gasteiger partial charge in [-0.15, -0.1) is 0 Å². The molecule has 20 heavy (non-hydrogen) atoms. The van der Waals surface area contributed by atoms with E-state index in [1.54, 1.807) is 19.2 Å². The summed E-state index contributed by atoms with van der Waals surface area (Å²) >= 11 is 0. The second kappa shape index (κ2) is 9.55. The van der Waals surface area contributed by atoms with Crippen LogP contribution in [0.15, 0.2) is 24.3 Å². The van der Waals surface area contributed by atoms with Gasteiger partial charge in [0.05, 0.1) is 20.3 Å². The van der Waals surface area contributed by atoms with Gasteiger partial charge in [0, 0.05) is 6.07 Å². The Morgan fingerprint density at radius 3 is 2.40 bits per heavy atom. The minimum atomic E-state index is -0.658. The van der Waals surface area contributed by atoms with E-state index in [-0.39, 0.29) is 19.8 Å². The van der Waals surface area contributed by atoms with Crippen molar-refractivity contribution in [3.63, 3.8) is 0 Å². The van der Waals surface area contributed by atoms with Crippen LogP contribution in [-0.2, 0) is 0 Å². The highest BCUT2D eigenvalue weighted by Gasteiger charge is 2.15. The van der Waals surface area contributed by atoms with Crippen LogP contribution in [0, 0.1) is 0 Å². The van der Waals surface area contributed by atoms with Crippen LogP contribution in [0.5, 0.6) is 11.5 Å². The Balaban J connectivity index is 2.39. The summed E-state index contributed by atoms with van der Waals surface area (Å²) in [5.74, 6) is 1.33. The second-order valence-corrected chi connectivity index (χ2v) is 4.55. The standard InChI is InChI=1S/C14H23NO5/c1-19-13-3-2-4-14(9-13)20-11-12(18)10-15(5-7-16)6-8-17/h2-4,9,12,16-18H,5-8,10-11H2,1H3/p+1/t12-/m0/s1. The van der Waals surface area contributed by atoms with Crippen molar-refractivity contribution < 1.29 is 29.7 Å². The molecule has 0 heterocycles. The van der Waals surface area contributed by atoms with Gasteiger partial charge in [-0.1, -0.05) is 6.07 Å². The van der Waals surface area contributed by atoms with Crippen molar-refractivity contribution in [3.05, 3.63) is 24.3 Å². The molecule has 1 rings (SSSR count). The molecule has 1 aromatic rings. The molecule has 0 aliphatic heterocycles. The molecule has 1 aromatic carbocycles. The van der Waals surface area contributed by atoms with Crippen molar-refractivity contribution in [2.75, 3.05) is 46.6 Å². The van der Waals surface area contributed by atoms with Crippen LogP contribution in [0.25, 0.3) is 0 Å². The zero-order valence-corrected chi connectivity index (χ0v) is 11.8. The van der Waals surface area contributed by atoms with Gasteiger partial charge >= 0.3 is 0 Å². The van der Waals surface area contributed by atoms with Crippen molar-refractivity contribution in [3.8, 4) is 11.5 Å². The predicted octanol–water partition coefficient (Wildman–Crippen LogP) is -1.70. The Morgan fingerprint density at radius 1 is 1.15 bits per heavy atom. The van der Waals surface area contributed by atoms with Gasteiger partial charge in [-0.05, 0) is 12.1 Å². The molecule has 0 aliphatic rings. The SMILES string of the molecule is COc1cccc(OC[C@@H](O)C[NH+](CCO)CCO)c1. The molecule has 0 spiro atoms. The molecule has 114 valence electrons. The monoisotopic (exact) mass is 286 g/mol. The van der Waals surface area contributed by atoms with Crippen molar-refractivity contribution >= 4 is 0 Å². The summed E-state index contributed by atoms with van der Waals surface area (Å²) < 4.78 is 10.6. The molecule has 0 saturated carbocycles. The lowest BCUT2D eigenvalue weighted by Crippen LogP contribution is -3.14.